The monoisotopic (exact) mass is 142 g/mol. The van der Waals surface area contributed by atoms with Gasteiger partial charge in [0.15, 0.2) is 0 Å². The Morgan fingerprint density at radius 3 is 2.70 bits per heavy atom. The van der Waals surface area contributed by atoms with E-state index in [1.165, 1.54) is 0 Å². The molecule has 0 radical (unpaired) electrons. The van der Waals surface area contributed by atoms with Gasteiger partial charge in [0.1, 0.15) is 5.78 Å². The number of ketones is 1. The van der Waals surface area contributed by atoms with Gasteiger partial charge in [0.25, 0.3) is 0 Å². The van der Waals surface area contributed by atoms with Crippen LogP contribution in [0.5, 0.6) is 0 Å². The van der Waals surface area contributed by atoms with E-state index in [9.17, 15) is 4.79 Å². The lowest BCUT2D eigenvalue weighted by Gasteiger charge is -2.08. The van der Waals surface area contributed by atoms with Crippen LogP contribution in [0.4, 0.5) is 0 Å². The first-order valence-corrected chi connectivity index (χ1v) is 3.32. The molecule has 0 saturated carbocycles. The van der Waals surface area contributed by atoms with Gasteiger partial charge in [-0.1, -0.05) is 6.08 Å². The van der Waals surface area contributed by atoms with E-state index in [0.717, 1.165) is 0 Å². The fraction of sp³-hybridized carbons (Fsp3) is 0.625. The van der Waals surface area contributed by atoms with E-state index in [1.54, 1.807) is 20.1 Å². The van der Waals surface area contributed by atoms with Crippen LogP contribution in [0.25, 0.3) is 0 Å². The summed E-state index contributed by atoms with van der Waals surface area (Å²) >= 11 is 0. The van der Waals surface area contributed by atoms with E-state index in [-0.39, 0.29) is 11.7 Å². The van der Waals surface area contributed by atoms with Gasteiger partial charge in [-0.25, -0.2) is 0 Å². The SMILES string of the molecule is C=CCC(COC)C(C)=O. The molecule has 2 nitrogen and oxygen atoms in total. The maximum absolute atomic E-state index is 10.8. The molecule has 0 fully saturated rings. The molecule has 2 heteroatoms. The summed E-state index contributed by atoms with van der Waals surface area (Å²) in [6.07, 6.45) is 2.45. The van der Waals surface area contributed by atoms with Gasteiger partial charge in [-0.15, -0.1) is 6.58 Å². The number of allylic oxidation sites excluding steroid dienone is 1. The smallest absolute Gasteiger partial charge is 0.135 e. The van der Waals surface area contributed by atoms with E-state index in [1.807, 2.05) is 0 Å². The summed E-state index contributed by atoms with van der Waals surface area (Å²) < 4.78 is 4.85. The third-order valence-electron chi connectivity index (χ3n) is 1.39. The number of Topliss-reactive ketones (excluding diaryl/α,β-unsaturated/α-hetero) is 1. The summed E-state index contributed by atoms with van der Waals surface area (Å²) in [6.45, 7) is 5.64. The van der Waals surface area contributed by atoms with Crippen molar-refractivity contribution in [3.8, 4) is 0 Å². The van der Waals surface area contributed by atoms with Crippen molar-refractivity contribution in [3.05, 3.63) is 12.7 Å². The molecule has 0 spiro atoms. The second kappa shape index (κ2) is 5.18. The van der Waals surface area contributed by atoms with Gasteiger partial charge in [0, 0.05) is 13.0 Å². The molecule has 0 heterocycles. The highest BCUT2D eigenvalue weighted by molar-refractivity contribution is 5.78. The van der Waals surface area contributed by atoms with Gasteiger partial charge < -0.3 is 4.74 Å². The zero-order valence-electron chi connectivity index (χ0n) is 6.59. The van der Waals surface area contributed by atoms with Crippen LogP contribution in [0.2, 0.25) is 0 Å². The van der Waals surface area contributed by atoms with Crippen LogP contribution >= 0.6 is 0 Å². The number of hydrogen-bond donors (Lipinski definition) is 0. The van der Waals surface area contributed by atoms with E-state index in [2.05, 4.69) is 6.58 Å². The first-order valence-electron chi connectivity index (χ1n) is 3.32. The lowest BCUT2D eigenvalue weighted by Crippen LogP contribution is -2.15. The third-order valence-corrected chi connectivity index (χ3v) is 1.39. The Hall–Kier alpha value is -0.630. The second-order valence-electron chi connectivity index (χ2n) is 2.29. The number of carbonyl (C=O) groups excluding carboxylic acids is 1. The van der Waals surface area contributed by atoms with Gasteiger partial charge in [0.05, 0.1) is 6.61 Å². The van der Waals surface area contributed by atoms with Crippen LogP contribution in [0.15, 0.2) is 12.7 Å². The molecule has 0 bridgehead atoms. The molecular formula is C8H14O2. The first kappa shape index (κ1) is 9.37. The molecule has 0 aliphatic heterocycles. The van der Waals surface area contributed by atoms with Crippen molar-refractivity contribution >= 4 is 5.78 Å². The number of methoxy groups -OCH3 is 1. The topological polar surface area (TPSA) is 26.3 Å². The maximum atomic E-state index is 10.8. The molecule has 0 amide bonds. The minimum atomic E-state index is 0.00231. The van der Waals surface area contributed by atoms with Crippen molar-refractivity contribution in [2.24, 2.45) is 5.92 Å². The average molecular weight is 142 g/mol. The molecule has 0 saturated heterocycles. The molecular weight excluding hydrogens is 128 g/mol. The Balaban J connectivity index is 3.71. The number of carbonyl (C=O) groups is 1. The summed E-state index contributed by atoms with van der Waals surface area (Å²) in [5.41, 5.74) is 0. The normalized spacial score (nSPS) is 12.6. The molecule has 0 aromatic carbocycles. The van der Waals surface area contributed by atoms with Gasteiger partial charge in [-0.2, -0.15) is 0 Å². The Kier molecular flexibility index (Phi) is 4.85. The number of hydrogen-bond acceptors (Lipinski definition) is 2. The quantitative estimate of drug-likeness (QED) is 0.542. The van der Waals surface area contributed by atoms with Crippen molar-refractivity contribution in [1.82, 2.24) is 0 Å². The Morgan fingerprint density at radius 1 is 1.80 bits per heavy atom. The van der Waals surface area contributed by atoms with Crippen molar-refractivity contribution in [3.63, 3.8) is 0 Å². The number of rotatable bonds is 5. The molecule has 0 aromatic heterocycles. The zero-order chi connectivity index (χ0) is 7.98. The highest BCUT2D eigenvalue weighted by Crippen LogP contribution is 2.04. The first-order chi connectivity index (χ1) is 4.72. The van der Waals surface area contributed by atoms with E-state index < -0.39 is 0 Å². The zero-order valence-corrected chi connectivity index (χ0v) is 6.59. The van der Waals surface area contributed by atoms with Crippen LogP contribution in [0.1, 0.15) is 13.3 Å². The van der Waals surface area contributed by atoms with Crippen LogP contribution in [-0.2, 0) is 9.53 Å². The molecule has 0 aliphatic rings. The third kappa shape index (κ3) is 3.41. The van der Waals surface area contributed by atoms with Crippen LogP contribution in [0.3, 0.4) is 0 Å². The summed E-state index contributed by atoms with van der Waals surface area (Å²) in [6, 6.07) is 0. The summed E-state index contributed by atoms with van der Waals surface area (Å²) in [4.78, 5) is 10.8. The second-order valence-corrected chi connectivity index (χ2v) is 2.29. The average Bonchev–Trinajstić information content (AvgIpc) is 1.87. The minimum Gasteiger partial charge on any atom is -0.384 e. The van der Waals surface area contributed by atoms with Crippen molar-refractivity contribution in [2.45, 2.75) is 13.3 Å². The van der Waals surface area contributed by atoms with Crippen molar-refractivity contribution in [2.75, 3.05) is 13.7 Å². The molecule has 10 heavy (non-hydrogen) atoms. The highest BCUT2D eigenvalue weighted by Gasteiger charge is 2.10. The van der Waals surface area contributed by atoms with Crippen LogP contribution in [0, 0.1) is 5.92 Å². The van der Waals surface area contributed by atoms with Gasteiger partial charge >= 0.3 is 0 Å². The van der Waals surface area contributed by atoms with Crippen molar-refractivity contribution < 1.29 is 9.53 Å². The lowest BCUT2D eigenvalue weighted by molar-refractivity contribution is -0.122. The van der Waals surface area contributed by atoms with Gasteiger partial charge in [-0.3, -0.25) is 4.79 Å². The largest absolute Gasteiger partial charge is 0.384 e. The van der Waals surface area contributed by atoms with E-state index in [4.69, 9.17) is 4.74 Å². The molecule has 1 unspecified atom stereocenters. The van der Waals surface area contributed by atoms with Gasteiger partial charge in [0.2, 0.25) is 0 Å². The molecule has 0 aromatic rings. The summed E-state index contributed by atoms with van der Waals surface area (Å²) in [7, 11) is 1.60. The van der Waals surface area contributed by atoms with E-state index >= 15 is 0 Å². The molecule has 0 N–H and O–H groups in total. The fourth-order valence-corrected chi connectivity index (χ4v) is 0.754. The molecule has 0 aliphatic carbocycles. The molecule has 1 atom stereocenters. The summed E-state index contributed by atoms with van der Waals surface area (Å²) in [5.74, 6) is 0.171. The number of ether oxygens (including phenoxy) is 1. The fourth-order valence-electron chi connectivity index (χ4n) is 0.754. The predicted octanol–water partition coefficient (Wildman–Crippen LogP) is 1.41. The summed E-state index contributed by atoms with van der Waals surface area (Å²) in [5, 5.41) is 0. The van der Waals surface area contributed by atoms with E-state index in [0.29, 0.717) is 13.0 Å². The van der Waals surface area contributed by atoms with Crippen LogP contribution < -0.4 is 0 Å². The standard InChI is InChI=1S/C8H14O2/c1-4-5-8(6-10-3)7(2)9/h4,8H,1,5-6H2,2-3H3. The molecule has 58 valence electrons. The lowest BCUT2D eigenvalue weighted by atomic mass is 10.0. The molecule has 0 rings (SSSR count). The Bertz CT molecular complexity index is 118. The minimum absolute atomic E-state index is 0.00231. The highest BCUT2D eigenvalue weighted by atomic mass is 16.5. The van der Waals surface area contributed by atoms with Gasteiger partial charge in [-0.05, 0) is 13.3 Å². The Labute approximate surface area is 61.9 Å². The Morgan fingerprint density at radius 2 is 2.40 bits per heavy atom. The van der Waals surface area contributed by atoms with Crippen molar-refractivity contribution in [1.29, 1.82) is 0 Å². The maximum Gasteiger partial charge on any atom is 0.135 e. The predicted molar refractivity (Wildman–Crippen MR) is 40.9 cm³/mol. The van der Waals surface area contributed by atoms with Crippen LogP contribution in [-0.4, -0.2) is 19.5 Å².